The summed E-state index contributed by atoms with van der Waals surface area (Å²) in [6.45, 7) is 9.79. The van der Waals surface area contributed by atoms with E-state index in [1.165, 1.54) is 55.4 Å². The van der Waals surface area contributed by atoms with Crippen LogP contribution in [0.2, 0.25) is 0 Å². The first-order valence-corrected chi connectivity index (χ1v) is 13.1. The smallest absolute Gasteiger partial charge is 0.311 e. The molecule has 2 unspecified atom stereocenters. The number of hydrogen-bond donors (Lipinski definition) is 0. The third kappa shape index (κ3) is 11.0. The molecule has 0 aliphatic heterocycles. The van der Waals surface area contributed by atoms with Crippen molar-refractivity contribution >= 4 is 0 Å². The van der Waals surface area contributed by atoms with Gasteiger partial charge in [-0.05, 0) is 12.8 Å². The number of hydrogen-bond acceptors (Lipinski definition) is 2. The fourth-order valence-corrected chi connectivity index (χ4v) is 3.42. The number of alkyl halides is 8. The van der Waals surface area contributed by atoms with Gasteiger partial charge in [0.05, 0.1) is 0 Å². The van der Waals surface area contributed by atoms with Gasteiger partial charge in [-0.1, -0.05) is 93.9 Å². The Balaban J connectivity index is 4.74. The first-order valence-electron chi connectivity index (χ1n) is 13.1. The van der Waals surface area contributed by atoms with Gasteiger partial charge in [0.2, 0.25) is 0 Å². The van der Waals surface area contributed by atoms with Crippen molar-refractivity contribution in [3.8, 4) is 0 Å². The molecule has 0 fully saturated rings. The van der Waals surface area contributed by atoms with E-state index in [0.29, 0.717) is 25.7 Å². The summed E-state index contributed by atoms with van der Waals surface area (Å²) in [4.78, 5) is 0. The highest BCUT2D eigenvalue weighted by molar-refractivity contribution is 4.84. The van der Waals surface area contributed by atoms with E-state index in [-0.39, 0.29) is 25.7 Å². The predicted octanol–water partition coefficient (Wildman–Crippen LogP) is 9.96. The summed E-state index contributed by atoms with van der Waals surface area (Å²) in [5, 5.41) is 0. The van der Waals surface area contributed by atoms with Crippen molar-refractivity contribution in [1.82, 2.24) is 0 Å². The minimum absolute atomic E-state index is 0.235. The number of rotatable bonds is 19. The van der Waals surface area contributed by atoms with Gasteiger partial charge >= 0.3 is 12.2 Å². The van der Waals surface area contributed by atoms with Crippen LogP contribution in [0.4, 0.5) is 35.1 Å². The Kier molecular flexibility index (Phi) is 14.2. The van der Waals surface area contributed by atoms with Crippen LogP contribution in [0.25, 0.3) is 0 Å². The van der Waals surface area contributed by atoms with Gasteiger partial charge in [0.15, 0.2) is 0 Å². The molecule has 0 radical (unpaired) electrons. The predicted molar refractivity (Wildman–Crippen MR) is 126 cm³/mol. The zero-order valence-electron chi connectivity index (χ0n) is 23.0. The molecule has 2 atom stereocenters. The maximum absolute atomic E-state index is 14.5. The van der Waals surface area contributed by atoms with Crippen LogP contribution in [0.1, 0.15) is 107 Å². The summed E-state index contributed by atoms with van der Waals surface area (Å²) in [6.07, 6.45) is -9.14. The van der Waals surface area contributed by atoms with Crippen molar-refractivity contribution < 1.29 is 44.6 Å². The maximum Gasteiger partial charge on any atom is 0.358 e. The average Bonchev–Trinajstić information content (AvgIpc) is 2.72. The highest BCUT2D eigenvalue weighted by atomic mass is 19.3. The molecule has 0 aliphatic carbocycles. The minimum atomic E-state index is -3.67. The number of halogens is 8. The van der Waals surface area contributed by atoms with E-state index < -0.39 is 59.9 Å². The van der Waals surface area contributed by atoms with Gasteiger partial charge in [0.1, 0.15) is 12.2 Å². The van der Waals surface area contributed by atoms with Crippen molar-refractivity contribution in [2.45, 2.75) is 143 Å². The molecule has 0 aromatic heterocycles. The second kappa shape index (κ2) is 14.5. The fraction of sp³-hybridized carbons (Fsp3) is 1.00. The summed E-state index contributed by atoms with van der Waals surface area (Å²) in [7, 11) is 0. The molecule has 0 saturated heterocycles. The van der Waals surface area contributed by atoms with Crippen molar-refractivity contribution in [2.24, 2.45) is 23.7 Å². The first kappa shape index (κ1) is 35.4. The Morgan fingerprint density at radius 3 is 0.889 bits per heavy atom. The zero-order valence-corrected chi connectivity index (χ0v) is 23.0. The largest absolute Gasteiger partial charge is 0.358 e. The Hall–Kier alpha value is -0.640. The van der Waals surface area contributed by atoms with Crippen LogP contribution in [0.3, 0.4) is 0 Å². The van der Waals surface area contributed by atoms with E-state index in [1.807, 2.05) is 0 Å². The van der Waals surface area contributed by atoms with Crippen LogP contribution in [0.15, 0.2) is 0 Å². The maximum atomic E-state index is 14.5. The molecular formula is C26H46F8O2. The molecular weight excluding hydrogens is 496 g/mol. The molecule has 0 aromatic rings. The standard InChI is InChI=1S/C26H46F8O2/c1-17(2)23(27,28)21(35-25(31,32)19(5)6)15-13-11-9-10-12-14-16-22(24(29,30)18(3)4)36-26(33,34)20(7)8/h17-22H,9-16H2,1-8H3. The van der Waals surface area contributed by atoms with Crippen LogP contribution in [-0.4, -0.2) is 36.3 Å². The molecule has 2 nitrogen and oxygen atoms in total. The summed E-state index contributed by atoms with van der Waals surface area (Å²) in [6, 6.07) is 0. The molecule has 0 heterocycles. The third-order valence-corrected chi connectivity index (χ3v) is 6.52. The average molecular weight is 543 g/mol. The van der Waals surface area contributed by atoms with Gasteiger partial charge in [-0.25, -0.2) is 17.6 Å². The minimum Gasteiger partial charge on any atom is -0.311 e. The van der Waals surface area contributed by atoms with Crippen LogP contribution >= 0.6 is 0 Å². The summed E-state index contributed by atoms with van der Waals surface area (Å²) in [5.74, 6) is -11.7. The molecule has 0 N–H and O–H groups in total. The molecule has 0 amide bonds. The molecule has 0 aliphatic rings. The highest BCUT2D eigenvalue weighted by Crippen LogP contribution is 2.39. The Morgan fingerprint density at radius 2 is 0.667 bits per heavy atom. The summed E-state index contributed by atoms with van der Waals surface area (Å²) in [5.41, 5.74) is 0. The van der Waals surface area contributed by atoms with Crippen LogP contribution in [0, 0.1) is 23.7 Å². The van der Waals surface area contributed by atoms with Gasteiger partial charge in [-0.3, -0.25) is 0 Å². The number of ether oxygens (including phenoxy) is 2. The van der Waals surface area contributed by atoms with Gasteiger partial charge < -0.3 is 9.47 Å². The molecule has 0 spiro atoms. The van der Waals surface area contributed by atoms with Crippen molar-refractivity contribution in [1.29, 1.82) is 0 Å². The van der Waals surface area contributed by atoms with Gasteiger partial charge in [-0.2, -0.15) is 17.6 Å². The lowest BCUT2D eigenvalue weighted by molar-refractivity contribution is -0.324. The molecule has 36 heavy (non-hydrogen) atoms. The van der Waals surface area contributed by atoms with E-state index in [4.69, 9.17) is 0 Å². The molecule has 0 rings (SSSR count). The molecule has 10 heteroatoms. The van der Waals surface area contributed by atoms with Crippen LogP contribution in [0.5, 0.6) is 0 Å². The lowest BCUT2D eigenvalue weighted by atomic mass is 9.94. The van der Waals surface area contributed by atoms with E-state index in [1.54, 1.807) is 0 Å². The lowest BCUT2D eigenvalue weighted by Crippen LogP contribution is -2.45. The second-order valence-electron chi connectivity index (χ2n) is 11.0. The van der Waals surface area contributed by atoms with Gasteiger partial charge in [-0.15, -0.1) is 0 Å². The second-order valence-corrected chi connectivity index (χ2v) is 11.0. The topological polar surface area (TPSA) is 18.5 Å². The Bertz CT molecular complexity index is 555. The zero-order chi connectivity index (χ0) is 28.5. The van der Waals surface area contributed by atoms with Gasteiger partial charge in [0.25, 0.3) is 11.8 Å². The molecule has 218 valence electrons. The molecule has 0 bridgehead atoms. The van der Waals surface area contributed by atoms with Crippen LogP contribution in [-0.2, 0) is 9.47 Å². The van der Waals surface area contributed by atoms with E-state index in [2.05, 4.69) is 9.47 Å². The monoisotopic (exact) mass is 542 g/mol. The Morgan fingerprint density at radius 1 is 0.417 bits per heavy atom. The van der Waals surface area contributed by atoms with E-state index in [0.717, 1.165) is 0 Å². The third-order valence-electron chi connectivity index (χ3n) is 6.52. The number of unbranched alkanes of at least 4 members (excludes halogenated alkanes) is 5. The van der Waals surface area contributed by atoms with Crippen molar-refractivity contribution in [2.75, 3.05) is 0 Å². The molecule has 0 aromatic carbocycles. The highest BCUT2D eigenvalue weighted by Gasteiger charge is 2.50. The van der Waals surface area contributed by atoms with E-state index in [9.17, 15) is 35.1 Å². The van der Waals surface area contributed by atoms with Crippen LogP contribution < -0.4 is 0 Å². The van der Waals surface area contributed by atoms with E-state index >= 15 is 0 Å². The summed E-state index contributed by atoms with van der Waals surface area (Å²) >= 11 is 0. The summed E-state index contributed by atoms with van der Waals surface area (Å²) < 4.78 is 123. The van der Waals surface area contributed by atoms with Gasteiger partial charge in [0, 0.05) is 23.7 Å². The fourth-order valence-electron chi connectivity index (χ4n) is 3.42. The first-order chi connectivity index (χ1) is 16.2. The quantitative estimate of drug-likeness (QED) is 0.119. The molecule has 0 saturated carbocycles. The normalized spacial score (nSPS) is 16.0. The van der Waals surface area contributed by atoms with Crippen molar-refractivity contribution in [3.05, 3.63) is 0 Å². The lowest BCUT2D eigenvalue weighted by Gasteiger charge is -2.34. The SMILES string of the molecule is CC(C)C(F)(F)OC(CCCCCCCCC(OC(F)(F)C(C)C)C(F)(F)C(C)C)C(F)(F)C(C)C. The van der Waals surface area contributed by atoms with Crippen molar-refractivity contribution in [3.63, 3.8) is 0 Å². The Labute approximate surface area is 211 Å².